The van der Waals surface area contributed by atoms with Crippen molar-refractivity contribution in [2.45, 2.75) is 91.9 Å². The molecule has 23 heavy (non-hydrogen) atoms. The molecule has 0 radical (unpaired) electrons. The monoisotopic (exact) mass is 321 g/mol. The smallest absolute Gasteiger partial charge is 0.195 e. The molecule has 0 aromatic heterocycles. The Morgan fingerprint density at radius 2 is 1.48 bits per heavy atom. The van der Waals surface area contributed by atoms with E-state index in [9.17, 15) is 4.79 Å². The molecule has 3 heteroatoms. The van der Waals surface area contributed by atoms with Gasteiger partial charge in [-0.3, -0.25) is 9.79 Å². The first kappa shape index (κ1) is 19.9. The largest absolute Gasteiger partial charge is 0.499 e. The SMILES string of the molecule is CCCCCCCCCCCCO/C=C1/N=C(C)C(C)(C)C1=O. The highest BCUT2D eigenvalue weighted by molar-refractivity contribution is 6.20. The number of hydrogen-bond donors (Lipinski definition) is 0. The lowest BCUT2D eigenvalue weighted by atomic mass is 9.85. The molecule has 1 aliphatic heterocycles. The molecule has 1 rings (SSSR count). The third-order valence-corrected chi connectivity index (χ3v) is 4.80. The van der Waals surface area contributed by atoms with Gasteiger partial charge < -0.3 is 4.74 Å². The Hall–Kier alpha value is -1.12. The van der Waals surface area contributed by atoms with Crippen LogP contribution in [0.1, 0.15) is 91.9 Å². The van der Waals surface area contributed by atoms with Crippen molar-refractivity contribution in [1.29, 1.82) is 0 Å². The maximum Gasteiger partial charge on any atom is 0.195 e. The maximum atomic E-state index is 12.1. The standard InChI is InChI=1S/C20H35NO2/c1-5-6-7-8-9-10-11-12-13-14-15-23-16-18-19(22)20(3,4)17(2)21-18/h16H,5-15H2,1-4H3/b18-16+. The third kappa shape index (κ3) is 6.88. The lowest BCUT2D eigenvalue weighted by molar-refractivity contribution is -0.119. The van der Waals surface area contributed by atoms with E-state index in [1.165, 1.54) is 57.8 Å². The molecule has 0 saturated heterocycles. The molecule has 0 N–H and O–H groups in total. The Kier molecular flexibility index (Phi) is 9.20. The van der Waals surface area contributed by atoms with Crippen LogP contribution in [0.25, 0.3) is 0 Å². The summed E-state index contributed by atoms with van der Waals surface area (Å²) >= 11 is 0. The zero-order valence-electron chi connectivity index (χ0n) is 15.6. The van der Waals surface area contributed by atoms with Crippen LogP contribution in [-0.4, -0.2) is 18.1 Å². The van der Waals surface area contributed by atoms with Gasteiger partial charge in [0.2, 0.25) is 0 Å². The lowest BCUT2D eigenvalue weighted by Crippen LogP contribution is -2.26. The summed E-state index contributed by atoms with van der Waals surface area (Å²) in [4.78, 5) is 16.4. The van der Waals surface area contributed by atoms with Crippen molar-refractivity contribution >= 4 is 11.5 Å². The number of carbonyl (C=O) groups excluding carboxylic acids is 1. The van der Waals surface area contributed by atoms with Crippen LogP contribution >= 0.6 is 0 Å². The first-order chi connectivity index (χ1) is 11.0. The van der Waals surface area contributed by atoms with E-state index in [4.69, 9.17) is 4.74 Å². The highest BCUT2D eigenvalue weighted by Crippen LogP contribution is 2.30. The van der Waals surface area contributed by atoms with E-state index in [-0.39, 0.29) is 5.78 Å². The predicted octanol–water partition coefficient (Wildman–Crippen LogP) is 5.84. The molecule has 0 unspecified atom stereocenters. The van der Waals surface area contributed by atoms with E-state index >= 15 is 0 Å². The molecule has 0 bridgehead atoms. The molecular weight excluding hydrogens is 286 g/mol. The van der Waals surface area contributed by atoms with Gasteiger partial charge in [-0.15, -0.1) is 0 Å². The molecule has 0 aromatic rings. The number of rotatable bonds is 12. The number of carbonyl (C=O) groups is 1. The molecule has 132 valence electrons. The van der Waals surface area contributed by atoms with E-state index < -0.39 is 5.41 Å². The van der Waals surface area contributed by atoms with Crippen molar-refractivity contribution in [2.75, 3.05) is 6.61 Å². The molecule has 1 aliphatic rings. The molecule has 1 heterocycles. The van der Waals surface area contributed by atoms with Crippen LogP contribution in [0, 0.1) is 5.41 Å². The van der Waals surface area contributed by atoms with Gasteiger partial charge in [0.05, 0.1) is 12.0 Å². The van der Waals surface area contributed by atoms with Crippen molar-refractivity contribution in [2.24, 2.45) is 10.4 Å². The van der Waals surface area contributed by atoms with Crippen LogP contribution in [0.3, 0.4) is 0 Å². The Bertz CT molecular complexity index is 421. The van der Waals surface area contributed by atoms with E-state index in [1.807, 2.05) is 20.8 Å². The quantitative estimate of drug-likeness (QED) is 0.257. The summed E-state index contributed by atoms with van der Waals surface area (Å²) in [5.41, 5.74) is 0.877. The summed E-state index contributed by atoms with van der Waals surface area (Å²) in [6.07, 6.45) is 14.7. The van der Waals surface area contributed by atoms with Crippen LogP contribution in [0.2, 0.25) is 0 Å². The number of unbranched alkanes of at least 4 members (excludes halogenated alkanes) is 9. The summed E-state index contributed by atoms with van der Waals surface area (Å²) in [7, 11) is 0. The topological polar surface area (TPSA) is 38.7 Å². The van der Waals surface area contributed by atoms with Crippen LogP contribution in [-0.2, 0) is 9.53 Å². The van der Waals surface area contributed by atoms with Crippen molar-refractivity contribution in [3.63, 3.8) is 0 Å². The van der Waals surface area contributed by atoms with Crippen molar-refractivity contribution in [3.8, 4) is 0 Å². The first-order valence-corrected chi connectivity index (χ1v) is 9.42. The van der Waals surface area contributed by atoms with Crippen molar-refractivity contribution in [3.05, 3.63) is 12.0 Å². The van der Waals surface area contributed by atoms with Gasteiger partial charge in [0.25, 0.3) is 0 Å². The molecule has 0 fully saturated rings. The minimum absolute atomic E-state index is 0.0677. The molecule has 0 atom stereocenters. The molecule has 0 aromatic carbocycles. The van der Waals surface area contributed by atoms with Crippen LogP contribution in [0.5, 0.6) is 0 Å². The number of hydrogen-bond acceptors (Lipinski definition) is 3. The Morgan fingerprint density at radius 3 is 1.96 bits per heavy atom. The fourth-order valence-corrected chi connectivity index (χ4v) is 2.75. The number of ether oxygens (including phenoxy) is 1. The summed E-state index contributed by atoms with van der Waals surface area (Å²) < 4.78 is 5.51. The number of allylic oxidation sites excluding steroid dienone is 1. The first-order valence-electron chi connectivity index (χ1n) is 9.42. The summed E-state index contributed by atoms with van der Waals surface area (Å²) in [5.74, 6) is 0.0677. The van der Waals surface area contributed by atoms with Gasteiger partial charge in [-0.2, -0.15) is 0 Å². The Labute approximate surface area is 142 Å². The minimum atomic E-state index is -0.466. The van der Waals surface area contributed by atoms with E-state index in [0.29, 0.717) is 12.3 Å². The number of aliphatic imine (C=N–C) groups is 1. The van der Waals surface area contributed by atoms with Gasteiger partial charge in [-0.1, -0.05) is 64.7 Å². The van der Waals surface area contributed by atoms with Gasteiger partial charge >= 0.3 is 0 Å². The predicted molar refractivity (Wildman–Crippen MR) is 97.8 cm³/mol. The van der Waals surface area contributed by atoms with Crippen LogP contribution in [0.4, 0.5) is 0 Å². The van der Waals surface area contributed by atoms with Gasteiger partial charge in [0.1, 0.15) is 12.0 Å². The average Bonchev–Trinajstić information content (AvgIpc) is 2.71. The number of Topliss-reactive ketones (excluding diaryl/α,β-unsaturated/α-hetero) is 1. The number of ketones is 1. The second-order valence-corrected chi connectivity index (χ2v) is 7.21. The van der Waals surface area contributed by atoms with E-state index in [1.54, 1.807) is 6.26 Å². The molecule has 0 amide bonds. The molecule has 0 aliphatic carbocycles. The van der Waals surface area contributed by atoms with Crippen molar-refractivity contribution < 1.29 is 9.53 Å². The van der Waals surface area contributed by atoms with Crippen molar-refractivity contribution in [1.82, 2.24) is 0 Å². The van der Waals surface area contributed by atoms with Gasteiger partial charge in [-0.25, -0.2) is 0 Å². The lowest BCUT2D eigenvalue weighted by Gasteiger charge is -2.14. The molecule has 3 nitrogen and oxygen atoms in total. The second kappa shape index (κ2) is 10.6. The zero-order valence-corrected chi connectivity index (χ0v) is 15.6. The molecule has 0 spiro atoms. The normalized spacial score (nSPS) is 18.5. The fraction of sp³-hybridized carbons (Fsp3) is 0.800. The van der Waals surface area contributed by atoms with Gasteiger partial charge in [0.15, 0.2) is 5.78 Å². The Morgan fingerprint density at radius 1 is 0.957 bits per heavy atom. The van der Waals surface area contributed by atoms with Gasteiger partial charge in [0, 0.05) is 5.71 Å². The fourth-order valence-electron chi connectivity index (χ4n) is 2.75. The average molecular weight is 322 g/mol. The van der Waals surface area contributed by atoms with Gasteiger partial charge in [-0.05, 0) is 27.2 Å². The molecular formula is C20H35NO2. The van der Waals surface area contributed by atoms with Crippen LogP contribution in [0.15, 0.2) is 17.0 Å². The van der Waals surface area contributed by atoms with E-state index in [0.717, 1.165) is 12.1 Å². The Balaban J connectivity index is 2.00. The summed E-state index contributed by atoms with van der Waals surface area (Å²) in [5, 5.41) is 0. The maximum absolute atomic E-state index is 12.1. The summed E-state index contributed by atoms with van der Waals surface area (Å²) in [6, 6.07) is 0. The zero-order chi connectivity index (χ0) is 17.1. The van der Waals surface area contributed by atoms with E-state index in [2.05, 4.69) is 11.9 Å². The second-order valence-electron chi connectivity index (χ2n) is 7.21. The highest BCUT2D eigenvalue weighted by atomic mass is 16.5. The highest BCUT2D eigenvalue weighted by Gasteiger charge is 2.38. The number of nitrogens with zero attached hydrogens (tertiary/aromatic N) is 1. The van der Waals surface area contributed by atoms with Crippen LogP contribution < -0.4 is 0 Å². The minimum Gasteiger partial charge on any atom is -0.499 e. The molecule has 0 saturated carbocycles. The summed E-state index contributed by atoms with van der Waals surface area (Å²) in [6.45, 7) is 8.67. The third-order valence-electron chi connectivity index (χ3n) is 4.80.